The van der Waals surface area contributed by atoms with Gasteiger partial charge in [-0.25, -0.2) is 0 Å². The van der Waals surface area contributed by atoms with Gasteiger partial charge in [0.1, 0.15) is 0 Å². The molecule has 0 unspecified atom stereocenters. The molecule has 2 aromatic heterocycles. The van der Waals surface area contributed by atoms with Crippen molar-refractivity contribution in [1.29, 1.82) is 0 Å². The number of hydrogen-bond acceptors (Lipinski definition) is 4. The van der Waals surface area contributed by atoms with Gasteiger partial charge in [0.05, 0.1) is 10.4 Å². The average molecular weight is 354 g/mol. The Balaban J connectivity index is 1.57. The first kappa shape index (κ1) is 17.1. The molecule has 0 fully saturated rings. The molecule has 6 heteroatoms. The highest BCUT2D eigenvalue weighted by molar-refractivity contribution is 7.12. The van der Waals surface area contributed by atoms with Crippen LogP contribution in [0.3, 0.4) is 0 Å². The number of carbonyl (C=O) groups excluding carboxylic acids is 2. The van der Waals surface area contributed by atoms with Crippen LogP contribution < -0.4 is 10.9 Å². The highest BCUT2D eigenvalue weighted by atomic mass is 32.1. The van der Waals surface area contributed by atoms with Crippen LogP contribution in [0.1, 0.15) is 34.5 Å². The largest absolute Gasteiger partial charge is 0.326 e. The van der Waals surface area contributed by atoms with Gasteiger partial charge in [0.2, 0.25) is 5.91 Å². The zero-order valence-electron chi connectivity index (χ0n) is 13.8. The van der Waals surface area contributed by atoms with Crippen molar-refractivity contribution in [3.05, 3.63) is 62.6 Å². The number of H-pyrrole nitrogens is 1. The van der Waals surface area contributed by atoms with E-state index in [-0.39, 0.29) is 23.7 Å². The predicted molar refractivity (Wildman–Crippen MR) is 100 cm³/mol. The van der Waals surface area contributed by atoms with Crippen molar-refractivity contribution in [2.75, 3.05) is 5.32 Å². The molecule has 0 bridgehead atoms. The topological polar surface area (TPSA) is 79.0 Å². The smallest absolute Gasteiger partial charge is 0.251 e. The number of aryl methyl sites for hydroxylation is 1. The maximum Gasteiger partial charge on any atom is 0.251 e. The second-order valence-corrected chi connectivity index (χ2v) is 6.83. The molecule has 0 atom stereocenters. The van der Waals surface area contributed by atoms with Crippen LogP contribution in [-0.4, -0.2) is 16.7 Å². The highest BCUT2D eigenvalue weighted by Crippen LogP contribution is 2.18. The third-order valence-electron chi connectivity index (χ3n) is 3.92. The van der Waals surface area contributed by atoms with E-state index < -0.39 is 0 Å². The molecule has 0 radical (unpaired) electrons. The summed E-state index contributed by atoms with van der Waals surface area (Å²) in [6.07, 6.45) is 1.14. The van der Waals surface area contributed by atoms with Crippen LogP contribution in [0.4, 0.5) is 5.69 Å². The summed E-state index contributed by atoms with van der Waals surface area (Å²) in [5, 5.41) is 5.59. The molecule has 0 aliphatic rings. The molecule has 25 heavy (non-hydrogen) atoms. The number of thiophene rings is 1. The summed E-state index contributed by atoms with van der Waals surface area (Å²) in [5.74, 6) is -0.0748. The normalized spacial score (nSPS) is 10.8. The lowest BCUT2D eigenvalue weighted by molar-refractivity contribution is -0.116. The molecule has 5 nitrogen and oxygen atoms in total. The third-order valence-corrected chi connectivity index (χ3v) is 4.83. The zero-order chi connectivity index (χ0) is 17.8. The van der Waals surface area contributed by atoms with Gasteiger partial charge in [-0.3, -0.25) is 14.4 Å². The molecule has 0 aliphatic carbocycles. The summed E-state index contributed by atoms with van der Waals surface area (Å²) in [6.45, 7) is 1.76. The standard InChI is InChI=1S/C19H18N2O3S/c1-12-10-13-7-8-14(11-15(13)21-19(12)24)20-18(23)6-2-4-16(22)17-5-3-9-25-17/h3,5,7-11H,2,4,6H2,1H3,(H,20,23)(H,21,24). The highest BCUT2D eigenvalue weighted by Gasteiger charge is 2.09. The van der Waals surface area contributed by atoms with Crippen molar-refractivity contribution in [2.24, 2.45) is 0 Å². The molecule has 128 valence electrons. The fourth-order valence-corrected chi connectivity index (χ4v) is 3.28. The second kappa shape index (κ2) is 7.44. The maximum atomic E-state index is 12.0. The Kier molecular flexibility index (Phi) is 5.09. The zero-order valence-corrected chi connectivity index (χ0v) is 14.6. The Morgan fingerprint density at radius 3 is 2.76 bits per heavy atom. The summed E-state index contributed by atoms with van der Waals surface area (Å²) in [5.41, 5.74) is 1.82. The molecule has 0 saturated carbocycles. The van der Waals surface area contributed by atoms with Crippen molar-refractivity contribution in [1.82, 2.24) is 4.98 Å². The molecular formula is C19H18N2O3S. The number of anilines is 1. The second-order valence-electron chi connectivity index (χ2n) is 5.89. The number of hydrogen-bond donors (Lipinski definition) is 2. The Hall–Kier alpha value is -2.73. The van der Waals surface area contributed by atoms with Crippen LogP contribution in [0.25, 0.3) is 10.9 Å². The molecule has 3 aromatic rings. The average Bonchev–Trinajstić information content (AvgIpc) is 3.11. The molecular weight excluding hydrogens is 336 g/mol. The van der Waals surface area contributed by atoms with Gasteiger partial charge < -0.3 is 10.3 Å². The Bertz CT molecular complexity index is 974. The van der Waals surface area contributed by atoms with Crippen LogP contribution in [0, 0.1) is 6.92 Å². The third kappa shape index (κ3) is 4.22. The van der Waals surface area contributed by atoms with Crippen LogP contribution in [-0.2, 0) is 4.79 Å². The van der Waals surface area contributed by atoms with Crippen molar-refractivity contribution >= 4 is 39.6 Å². The lowest BCUT2D eigenvalue weighted by Gasteiger charge is -2.07. The Morgan fingerprint density at radius 2 is 2.00 bits per heavy atom. The molecule has 2 N–H and O–H groups in total. The van der Waals surface area contributed by atoms with Crippen LogP contribution >= 0.6 is 11.3 Å². The van der Waals surface area contributed by atoms with Gasteiger partial charge in [0, 0.05) is 24.1 Å². The van der Waals surface area contributed by atoms with Gasteiger partial charge >= 0.3 is 0 Å². The lowest BCUT2D eigenvalue weighted by atomic mass is 10.1. The number of pyridine rings is 1. The van der Waals surface area contributed by atoms with Crippen molar-refractivity contribution in [2.45, 2.75) is 26.2 Å². The van der Waals surface area contributed by atoms with Gasteiger partial charge in [-0.2, -0.15) is 0 Å². The first-order chi connectivity index (χ1) is 12.0. The molecule has 2 heterocycles. The van der Waals surface area contributed by atoms with E-state index in [2.05, 4.69) is 10.3 Å². The Labute approximate surface area is 148 Å². The number of benzene rings is 1. The predicted octanol–water partition coefficient (Wildman–Crippen LogP) is 3.89. The molecule has 3 rings (SSSR count). The first-order valence-corrected chi connectivity index (χ1v) is 8.91. The minimum atomic E-state index is -0.146. The summed E-state index contributed by atoms with van der Waals surface area (Å²) < 4.78 is 0. The molecule has 0 spiro atoms. The van der Waals surface area contributed by atoms with E-state index in [9.17, 15) is 14.4 Å². The van der Waals surface area contributed by atoms with Gasteiger partial charge in [0.15, 0.2) is 5.78 Å². The van der Waals surface area contributed by atoms with E-state index in [1.165, 1.54) is 11.3 Å². The van der Waals surface area contributed by atoms with Crippen molar-refractivity contribution < 1.29 is 9.59 Å². The summed E-state index contributed by atoms with van der Waals surface area (Å²) in [6, 6.07) is 10.9. The number of nitrogens with one attached hydrogen (secondary N) is 2. The minimum absolute atomic E-state index is 0.0708. The quantitative estimate of drug-likeness (QED) is 0.659. The fourth-order valence-electron chi connectivity index (χ4n) is 2.58. The van der Waals surface area contributed by atoms with E-state index in [0.29, 0.717) is 29.6 Å². The van der Waals surface area contributed by atoms with Crippen molar-refractivity contribution in [3.8, 4) is 0 Å². The van der Waals surface area contributed by atoms with Crippen LogP contribution in [0.5, 0.6) is 0 Å². The van der Waals surface area contributed by atoms with E-state index in [1.54, 1.807) is 25.1 Å². The molecule has 1 aromatic carbocycles. The number of Topliss-reactive ketones (excluding diaryl/α,β-unsaturated/α-hetero) is 1. The molecule has 0 aliphatic heterocycles. The number of fused-ring (bicyclic) bond motifs is 1. The van der Waals surface area contributed by atoms with Crippen LogP contribution in [0.2, 0.25) is 0 Å². The maximum absolute atomic E-state index is 12.0. The van der Waals surface area contributed by atoms with Gasteiger partial charge in [-0.15, -0.1) is 11.3 Å². The summed E-state index contributed by atoms with van der Waals surface area (Å²) in [4.78, 5) is 39.2. The first-order valence-electron chi connectivity index (χ1n) is 8.03. The Morgan fingerprint density at radius 1 is 1.16 bits per heavy atom. The van der Waals surface area contributed by atoms with Gasteiger partial charge in [0.25, 0.3) is 5.56 Å². The van der Waals surface area contributed by atoms with E-state index in [0.717, 1.165) is 10.3 Å². The van der Waals surface area contributed by atoms with E-state index in [1.807, 2.05) is 23.6 Å². The van der Waals surface area contributed by atoms with E-state index in [4.69, 9.17) is 0 Å². The number of amides is 1. The lowest BCUT2D eigenvalue weighted by Crippen LogP contribution is -2.12. The number of aromatic amines is 1. The monoisotopic (exact) mass is 354 g/mol. The van der Waals surface area contributed by atoms with E-state index >= 15 is 0 Å². The van der Waals surface area contributed by atoms with Crippen molar-refractivity contribution in [3.63, 3.8) is 0 Å². The number of carbonyl (C=O) groups is 2. The molecule has 0 saturated heterocycles. The molecule has 1 amide bonds. The minimum Gasteiger partial charge on any atom is -0.326 e. The fraction of sp³-hybridized carbons (Fsp3) is 0.211. The van der Waals surface area contributed by atoms with Gasteiger partial charge in [-0.1, -0.05) is 12.1 Å². The summed E-state index contributed by atoms with van der Waals surface area (Å²) in [7, 11) is 0. The van der Waals surface area contributed by atoms with Gasteiger partial charge in [-0.05, 0) is 48.4 Å². The SMILES string of the molecule is Cc1cc2ccc(NC(=O)CCCC(=O)c3cccs3)cc2[nH]c1=O. The number of ketones is 1. The number of aromatic nitrogens is 1. The number of rotatable bonds is 6. The summed E-state index contributed by atoms with van der Waals surface area (Å²) >= 11 is 1.42. The van der Waals surface area contributed by atoms with Crippen LogP contribution in [0.15, 0.2) is 46.6 Å².